The minimum Gasteiger partial charge on any atom is -0.302 e. The molecule has 0 bridgehead atoms. The second kappa shape index (κ2) is 4.69. The van der Waals surface area contributed by atoms with Crippen LogP contribution in [0.2, 0.25) is 0 Å². The predicted molar refractivity (Wildman–Crippen MR) is 80.5 cm³/mol. The van der Waals surface area contributed by atoms with E-state index < -0.39 is 0 Å². The first-order valence-electron chi connectivity index (χ1n) is 6.97. The van der Waals surface area contributed by atoms with Gasteiger partial charge in [-0.1, -0.05) is 42.5 Å². The van der Waals surface area contributed by atoms with Crippen LogP contribution in [0, 0.1) is 0 Å². The topological polar surface area (TPSA) is 12.0 Å². The smallest absolute Gasteiger partial charge is 0.0431 e. The third-order valence-electron chi connectivity index (χ3n) is 4.24. The van der Waals surface area contributed by atoms with Crippen molar-refractivity contribution in [1.82, 2.24) is 5.32 Å². The summed E-state index contributed by atoms with van der Waals surface area (Å²) in [6.45, 7) is 0. The molecule has 1 aliphatic carbocycles. The molecule has 2 aromatic rings. The quantitative estimate of drug-likeness (QED) is 0.878. The highest BCUT2D eigenvalue weighted by atomic mass is 32.2. The Hall–Kier alpha value is -1.25. The predicted octanol–water partition coefficient (Wildman–Crippen LogP) is 4.11. The summed E-state index contributed by atoms with van der Waals surface area (Å²) in [7, 11) is 0. The van der Waals surface area contributed by atoms with Crippen LogP contribution in [0.4, 0.5) is 0 Å². The highest BCUT2D eigenvalue weighted by Gasteiger charge is 2.28. The van der Waals surface area contributed by atoms with E-state index >= 15 is 0 Å². The average molecular weight is 267 g/mol. The molecule has 2 aromatic carbocycles. The SMILES string of the molecule is c1ccc2c(c1)CCC2NC1CSc2ccccc21. The van der Waals surface area contributed by atoms with E-state index in [1.807, 2.05) is 11.8 Å². The zero-order valence-electron chi connectivity index (χ0n) is 10.8. The van der Waals surface area contributed by atoms with Gasteiger partial charge in [0.15, 0.2) is 0 Å². The van der Waals surface area contributed by atoms with E-state index in [0.29, 0.717) is 12.1 Å². The van der Waals surface area contributed by atoms with Gasteiger partial charge in [0.2, 0.25) is 0 Å². The standard InChI is InChI=1S/C17H17NS/c1-2-6-13-12(5-1)9-10-15(13)18-16-11-19-17-8-4-3-7-14(16)17/h1-8,15-16,18H,9-11H2. The van der Waals surface area contributed by atoms with Gasteiger partial charge < -0.3 is 5.32 Å². The Balaban J connectivity index is 1.58. The first-order chi connectivity index (χ1) is 9.42. The van der Waals surface area contributed by atoms with Crippen molar-refractivity contribution >= 4 is 11.8 Å². The molecule has 0 amide bonds. The Morgan fingerprint density at radius 3 is 2.63 bits per heavy atom. The Kier molecular flexibility index (Phi) is 2.86. The second-order valence-corrected chi connectivity index (χ2v) is 6.42. The fourth-order valence-electron chi connectivity index (χ4n) is 3.27. The van der Waals surface area contributed by atoms with E-state index in [1.54, 1.807) is 0 Å². The van der Waals surface area contributed by atoms with E-state index in [2.05, 4.69) is 53.8 Å². The van der Waals surface area contributed by atoms with Gasteiger partial charge >= 0.3 is 0 Å². The van der Waals surface area contributed by atoms with Crippen molar-refractivity contribution < 1.29 is 0 Å². The van der Waals surface area contributed by atoms with Crippen LogP contribution in [0.5, 0.6) is 0 Å². The van der Waals surface area contributed by atoms with Gasteiger partial charge in [-0.3, -0.25) is 0 Å². The van der Waals surface area contributed by atoms with Gasteiger partial charge in [0.05, 0.1) is 0 Å². The van der Waals surface area contributed by atoms with E-state index in [9.17, 15) is 0 Å². The summed E-state index contributed by atoms with van der Waals surface area (Å²) in [5, 5.41) is 3.87. The zero-order valence-corrected chi connectivity index (χ0v) is 11.6. The first kappa shape index (κ1) is 11.6. The average Bonchev–Trinajstić information content (AvgIpc) is 3.05. The highest BCUT2D eigenvalue weighted by Crippen LogP contribution is 2.40. The lowest BCUT2D eigenvalue weighted by molar-refractivity contribution is 0.470. The van der Waals surface area contributed by atoms with Gasteiger partial charge in [-0.2, -0.15) is 0 Å². The number of fused-ring (bicyclic) bond motifs is 2. The van der Waals surface area contributed by atoms with Crippen molar-refractivity contribution in [2.75, 3.05) is 5.75 Å². The lowest BCUT2D eigenvalue weighted by Crippen LogP contribution is -2.25. The molecule has 2 unspecified atom stereocenters. The summed E-state index contributed by atoms with van der Waals surface area (Å²) in [6.07, 6.45) is 2.46. The Labute approximate surface area is 118 Å². The van der Waals surface area contributed by atoms with Crippen LogP contribution >= 0.6 is 11.8 Å². The van der Waals surface area contributed by atoms with E-state index in [-0.39, 0.29) is 0 Å². The van der Waals surface area contributed by atoms with Crippen LogP contribution < -0.4 is 5.32 Å². The largest absolute Gasteiger partial charge is 0.302 e. The molecule has 1 N–H and O–H groups in total. The Morgan fingerprint density at radius 2 is 1.68 bits per heavy atom. The van der Waals surface area contributed by atoms with Crippen LogP contribution in [-0.2, 0) is 6.42 Å². The van der Waals surface area contributed by atoms with Gasteiger partial charge in [0.1, 0.15) is 0 Å². The number of hydrogen-bond acceptors (Lipinski definition) is 2. The monoisotopic (exact) mass is 267 g/mol. The Morgan fingerprint density at radius 1 is 0.895 bits per heavy atom. The fraction of sp³-hybridized carbons (Fsp3) is 0.294. The first-order valence-corrected chi connectivity index (χ1v) is 7.96. The molecule has 96 valence electrons. The van der Waals surface area contributed by atoms with Crippen molar-refractivity contribution in [1.29, 1.82) is 0 Å². The third-order valence-corrected chi connectivity index (χ3v) is 5.42. The minimum absolute atomic E-state index is 0.511. The minimum atomic E-state index is 0.511. The summed E-state index contributed by atoms with van der Waals surface area (Å²) < 4.78 is 0. The van der Waals surface area contributed by atoms with Gasteiger partial charge in [-0.05, 0) is 35.6 Å². The van der Waals surface area contributed by atoms with Crippen LogP contribution in [0.3, 0.4) is 0 Å². The van der Waals surface area contributed by atoms with E-state index in [4.69, 9.17) is 0 Å². The lowest BCUT2D eigenvalue weighted by Gasteiger charge is -2.20. The number of thioether (sulfide) groups is 1. The van der Waals surface area contributed by atoms with Crippen molar-refractivity contribution in [2.24, 2.45) is 0 Å². The second-order valence-electron chi connectivity index (χ2n) is 5.36. The molecule has 2 heteroatoms. The van der Waals surface area contributed by atoms with E-state index in [1.165, 1.54) is 34.4 Å². The van der Waals surface area contributed by atoms with Crippen LogP contribution in [0.15, 0.2) is 53.4 Å². The molecule has 1 nitrogen and oxygen atoms in total. The van der Waals surface area contributed by atoms with Crippen molar-refractivity contribution in [3.63, 3.8) is 0 Å². The van der Waals surface area contributed by atoms with Crippen LogP contribution in [-0.4, -0.2) is 5.75 Å². The molecule has 4 rings (SSSR count). The fourth-order valence-corrected chi connectivity index (χ4v) is 4.45. The van der Waals surface area contributed by atoms with Crippen molar-refractivity contribution in [2.45, 2.75) is 29.8 Å². The molecule has 19 heavy (non-hydrogen) atoms. The molecule has 2 aliphatic rings. The summed E-state index contributed by atoms with van der Waals surface area (Å²) in [5.74, 6) is 1.16. The molecule has 1 aliphatic heterocycles. The van der Waals surface area contributed by atoms with Crippen LogP contribution in [0.1, 0.15) is 35.2 Å². The summed E-state index contributed by atoms with van der Waals surface area (Å²) in [5.41, 5.74) is 4.52. The van der Waals surface area contributed by atoms with Gasteiger partial charge in [-0.25, -0.2) is 0 Å². The van der Waals surface area contributed by atoms with Gasteiger partial charge in [0.25, 0.3) is 0 Å². The number of aryl methyl sites for hydroxylation is 1. The molecule has 0 fully saturated rings. The molecule has 0 saturated heterocycles. The molecular weight excluding hydrogens is 250 g/mol. The van der Waals surface area contributed by atoms with Gasteiger partial charge in [0, 0.05) is 22.7 Å². The molecule has 0 radical (unpaired) electrons. The molecule has 0 saturated carbocycles. The van der Waals surface area contributed by atoms with E-state index in [0.717, 1.165) is 5.75 Å². The van der Waals surface area contributed by atoms with Gasteiger partial charge in [-0.15, -0.1) is 11.8 Å². The maximum atomic E-state index is 3.87. The molecule has 2 atom stereocenters. The Bertz CT molecular complexity index is 554. The molecule has 1 heterocycles. The van der Waals surface area contributed by atoms with Crippen molar-refractivity contribution in [3.8, 4) is 0 Å². The highest BCUT2D eigenvalue weighted by molar-refractivity contribution is 7.99. The normalized spacial score (nSPS) is 24.2. The number of nitrogens with one attached hydrogen (secondary N) is 1. The summed E-state index contributed by atoms with van der Waals surface area (Å²) >= 11 is 1.98. The summed E-state index contributed by atoms with van der Waals surface area (Å²) in [6, 6.07) is 18.7. The zero-order chi connectivity index (χ0) is 12.7. The third kappa shape index (κ3) is 1.99. The molecule has 0 spiro atoms. The number of hydrogen-bond donors (Lipinski definition) is 1. The van der Waals surface area contributed by atoms with Crippen LogP contribution in [0.25, 0.3) is 0 Å². The maximum absolute atomic E-state index is 3.87. The summed E-state index contributed by atoms with van der Waals surface area (Å²) in [4.78, 5) is 1.45. The molecule has 0 aromatic heterocycles. The molecular formula is C17H17NS. The number of rotatable bonds is 2. The lowest BCUT2D eigenvalue weighted by atomic mass is 10.0. The van der Waals surface area contributed by atoms with Crippen molar-refractivity contribution in [3.05, 3.63) is 65.2 Å². The maximum Gasteiger partial charge on any atom is 0.0431 e. The number of benzene rings is 2.